The van der Waals surface area contributed by atoms with Crippen LogP contribution in [0.3, 0.4) is 0 Å². The maximum Gasteiger partial charge on any atom is 2.00 e. The van der Waals surface area contributed by atoms with E-state index >= 15 is 0 Å². The van der Waals surface area contributed by atoms with Crippen molar-refractivity contribution in [1.29, 1.82) is 0 Å². The van der Waals surface area contributed by atoms with Crippen molar-refractivity contribution in [2.45, 2.75) is 6.18 Å². The average Bonchev–Trinajstić information content (AvgIpc) is 1.92. The van der Waals surface area contributed by atoms with Crippen LogP contribution < -0.4 is 17.0 Å². The number of rotatable bonds is 0. The molecule has 0 saturated heterocycles. The molecule has 6 heteroatoms. The fourth-order valence-electron chi connectivity index (χ4n) is 0.790. The second-order valence-corrected chi connectivity index (χ2v) is 2.72. The quantitative estimate of drug-likeness (QED) is 0.473. The molecule has 0 aliphatic carbocycles. The van der Waals surface area contributed by atoms with Gasteiger partial charge in [0, 0.05) is 10.6 Å². The molecule has 0 nitrogen and oxygen atoms in total. The molecule has 0 aromatic heterocycles. The van der Waals surface area contributed by atoms with Crippen molar-refractivity contribution >= 4 is 34.7 Å². The molecule has 0 saturated carbocycles. The summed E-state index contributed by atoms with van der Waals surface area (Å²) in [6.45, 7) is 3.38. The zero-order valence-corrected chi connectivity index (χ0v) is 10.8. The minimum atomic E-state index is -4.40. The van der Waals surface area contributed by atoms with Gasteiger partial charge in [0.1, 0.15) is 0 Å². The van der Waals surface area contributed by atoms with Crippen LogP contribution in [0.4, 0.5) is 13.2 Å². The fourth-order valence-corrected chi connectivity index (χ4v) is 1.01. The van der Waals surface area contributed by atoms with E-state index in [0.717, 1.165) is 6.07 Å². The van der Waals surface area contributed by atoms with E-state index in [-0.39, 0.29) is 45.1 Å². The number of hydrogen-bond acceptors (Lipinski definition) is 0. The molecule has 1 rings (SSSR count). The number of benzene rings is 1. The molecule has 0 amide bonds. The standard InChI is InChI=1S/C8H5ClF3.BrH.Mg/c1-5-2-3-7(9)6(4-5)8(10,11)12;;/h2-4H,1H2;1H;/q-1;;+2/p-1. The molecule has 0 heterocycles. The fraction of sp³-hybridized carbons (Fsp3) is 0.125. The van der Waals surface area contributed by atoms with Crippen molar-refractivity contribution < 1.29 is 30.2 Å². The summed E-state index contributed by atoms with van der Waals surface area (Å²) < 4.78 is 36.3. The summed E-state index contributed by atoms with van der Waals surface area (Å²) >= 11 is 5.33. The van der Waals surface area contributed by atoms with Crippen LogP contribution in [0.25, 0.3) is 0 Å². The van der Waals surface area contributed by atoms with Crippen LogP contribution in [0.5, 0.6) is 0 Å². The Morgan fingerprint density at radius 3 is 2.07 bits per heavy atom. The van der Waals surface area contributed by atoms with Crippen LogP contribution >= 0.6 is 11.6 Å². The Morgan fingerprint density at radius 1 is 1.21 bits per heavy atom. The predicted octanol–water partition coefficient (Wildman–Crippen LogP) is 0.164. The molecule has 0 radical (unpaired) electrons. The summed E-state index contributed by atoms with van der Waals surface area (Å²) in [6, 6.07) is 3.53. The molecular weight excluding hydrogens is 293 g/mol. The SMILES string of the molecule is [Br-].[CH2-]c1ccc(Cl)c(C(F)(F)F)c1.[Mg+2]. The Bertz CT molecular complexity index is 301. The van der Waals surface area contributed by atoms with Gasteiger partial charge in [-0.1, -0.05) is 17.7 Å². The van der Waals surface area contributed by atoms with Gasteiger partial charge in [-0.15, -0.1) is 6.07 Å². The van der Waals surface area contributed by atoms with Gasteiger partial charge in [-0.2, -0.15) is 31.7 Å². The monoisotopic (exact) mass is 296 g/mol. The minimum absolute atomic E-state index is 0. The van der Waals surface area contributed by atoms with Crippen molar-refractivity contribution in [2.24, 2.45) is 0 Å². The van der Waals surface area contributed by atoms with Crippen LogP contribution in [0.15, 0.2) is 18.2 Å². The van der Waals surface area contributed by atoms with E-state index in [1.807, 2.05) is 0 Å². The first-order chi connectivity index (χ1) is 5.41. The van der Waals surface area contributed by atoms with Gasteiger partial charge < -0.3 is 17.0 Å². The van der Waals surface area contributed by atoms with E-state index in [2.05, 4.69) is 6.92 Å². The van der Waals surface area contributed by atoms with Gasteiger partial charge in [0.2, 0.25) is 0 Å². The summed E-state index contributed by atoms with van der Waals surface area (Å²) in [6.07, 6.45) is -4.40. The third-order valence-corrected chi connectivity index (χ3v) is 1.67. The molecule has 0 atom stereocenters. The summed E-state index contributed by atoms with van der Waals surface area (Å²) in [5.74, 6) is 0. The normalized spacial score (nSPS) is 10.0. The van der Waals surface area contributed by atoms with E-state index in [0.29, 0.717) is 5.56 Å². The Hall–Kier alpha value is 0.416. The molecule has 0 bridgehead atoms. The van der Waals surface area contributed by atoms with Crippen LogP contribution in [-0.2, 0) is 6.18 Å². The van der Waals surface area contributed by atoms with Crippen molar-refractivity contribution in [3.63, 3.8) is 0 Å². The van der Waals surface area contributed by atoms with E-state index in [1.165, 1.54) is 12.1 Å². The maximum atomic E-state index is 12.1. The topological polar surface area (TPSA) is 0 Å². The molecule has 1 aromatic carbocycles. The number of alkyl halides is 3. The Labute approximate surface area is 112 Å². The van der Waals surface area contributed by atoms with Crippen LogP contribution in [0.1, 0.15) is 11.1 Å². The van der Waals surface area contributed by atoms with Crippen LogP contribution in [-0.4, -0.2) is 23.1 Å². The second-order valence-electron chi connectivity index (χ2n) is 2.31. The summed E-state index contributed by atoms with van der Waals surface area (Å²) in [7, 11) is 0. The first-order valence-corrected chi connectivity index (χ1v) is 3.48. The predicted molar refractivity (Wildman–Crippen MR) is 46.7 cm³/mol. The smallest absolute Gasteiger partial charge is 1.00 e. The molecule has 0 N–H and O–H groups in total. The average molecular weight is 298 g/mol. The molecule has 74 valence electrons. The molecule has 0 spiro atoms. The Kier molecular flexibility index (Phi) is 7.33. The van der Waals surface area contributed by atoms with E-state index in [1.54, 1.807) is 0 Å². The molecule has 14 heavy (non-hydrogen) atoms. The van der Waals surface area contributed by atoms with E-state index in [4.69, 9.17) is 11.6 Å². The van der Waals surface area contributed by atoms with Gasteiger partial charge in [0.05, 0.1) is 0 Å². The van der Waals surface area contributed by atoms with Crippen molar-refractivity contribution in [1.82, 2.24) is 0 Å². The molecule has 0 fully saturated rings. The van der Waals surface area contributed by atoms with Crippen molar-refractivity contribution in [3.05, 3.63) is 41.3 Å². The van der Waals surface area contributed by atoms with Gasteiger partial charge in [-0.25, -0.2) is 0 Å². The zero-order valence-electron chi connectivity index (χ0n) is 7.04. The third-order valence-electron chi connectivity index (χ3n) is 1.34. The summed E-state index contributed by atoms with van der Waals surface area (Å²) in [4.78, 5) is 0. The first-order valence-electron chi connectivity index (χ1n) is 3.10. The van der Waals surface area contributed by atoms with Crippen molar-refractivity contribution in [3.8, 4) is 0 Å². The third kappa shape index (κ3) is 4.29. The zero-order chi connectivity index (χ0) is 9.35. The molecule has 0 aliphatic rings. The van der Waals surface area contributed by atoms with Crippen LogP contribution in [0.2, 0.25) is 5.02 Å². The van der Waals surface area contributed by atoms with Gasteiger partial charge in [0.25, 0.3) is 0 Å². The van der Waals surface area contributed by atoms with Gasteiger partial charge >= 0.3 is 29.2 Å². The van der Waals surface area contributed by atoms with Gasteiger partial charge in [-0.05, 0) is 0 Å². The van der Waals surface area contributed by atoms with Crippen LogP contribution in [0, 0.1) is 6.92 Å². The van der Waals surface area contributed by atoms with E-state index in [9.17, 15) is 13.2 Å². The summed E-state index contributed by atoms with van der Waals surface area (Å²) in [5.41, 5.74) is -0.539. The largest absolute Gasteiger partial charge is 2.00 e. The number of hydrogen-bond donors (Lipinski definition) is 0. The molecule has 1 aromatic rings. The minimum Gasteiger partial charge on any atom is -1.00 e. The maximum absolute atomic E-state index is 12.1. The number of halogens is 5. The second kappa shape index (κ2) is 6.10. The van der Waals surface area contributed by atoms with Gasteiger partial charge in [0.15, 0.2) is 0 Å². The Balaban J connectivity index is 0. The molecular formula is C8H5BrClF3Mg. The molecule has 0 unspecified atom stereocenters. The van der Waals surface area contributed by atoms with E-state index < -0.39 is 11.7 Å². The van der Waals surface area contributed by atoms with Gasteiger partial charge in [-0.3, -0.25) is 0 Å². The first kappa shape index (κ1) is 16.8. The Morgan fingerprint density at radius 2 is 1.71 bits per heavy atom. The van der Waals surface area contributed by atoms with Crippen molar-refractivity contribution in [2.75, 3.05) is 0 Å². The summed E-state index contributed by atoms with van der Waals surface area (Å²) in [5, 5.41) is -0.296. The molecule has 0 aliphatic heterocycles.